The van der Waals surface area contributed by atoms with Crippen molar-refractivity contribution in [1.82, 2.24) is 5.32 Å². The number of anilines is 2. The maximum absolute atomic E-state index is 13.7. The maximum Gasteiger partial charge on any atom is 0.236 e. The summed E-state index contributed by atoms with van der Waals surface area (Å²) in [6, 6.07) is 22.2. The van der Waals surface area contributed by atoms with E-state index in [1.165, 1.54) is 0 Å². The predicted octanol–water partition coefficient (Wildman–Crippen LogP) is 5.90. The molecule has 0 saturated carbocycles. The lowest BCUT2D eigenvalue weighted by Crippen LogP contribution is -2.72. The normalized spacial score (nSPS) is 23.6. The van der Waals surface area contributed by atoms with E-state index in [1.807, 2.05) is 60.4 Å². The van der Waals surface area contributed by atoms with Gasteiger partial charge in [-0.1, -0.05) is 45.7 Å². The SMILES string of the molecule is C[C@]12Oc3ccccc3[C@@H](NC(=S)N1c1ccc(Br)cc1)[C@H]2C(=O)Nc1ccc(Cl)cc1. The van der Waals surface area contributed by atoms with Crippen LogP contribution in [-0.2, 0) is 4.79 Å². The number of para-hydroxylation sites is 1. The number of amides is 1. The zero-order valence-corrected chi connectivity index (χ0v) is 20.2. The molecule has 1 saturated heterocycles. The minimum absolute atomic E-state index is 0.175. The Morgan fingerprint density at radius 1 is 1.12 bits per heavy atom. The molecule has 162 valence electrons. The van der Waals surface area contributed by atoms with Gasteiger partial charge in [-0.3, -0.25) is 9.69 Å². The minimum atomic E-state index is -1.05. The van der Waals surface area contributed by atoms with E-state index in [1.54, 1.807) is 24.3 Å². The first-order valence-electron chi connectivity index (χ1n) is 10.1. The second kappa shape index (κ2) is 8.06. The molecule has 0 radical (unpaired) electrons. The molecule has 0 spiro atoms. The van der Waals surface area contributed by atoms with Crippen LogP contribution in [0.4, 0.5) is 11.4 Å². The molecule has 1 amide bonds. The number of halogens is 2. The standard InChI is InChI=1S/C24H19BrClN3O2S/c1-24-20(22(30)27-16-10-8-15(26)9-11-16)21(18-4-2-3-5-19(18)31-24)28-23(32)29(24)17-12-6-14(25)7-13-17/h2-13,20-21H,1H3,(H,27,30)(H,28,32)/t20-,21+,24+/m0/s1. The first-order chi connectivity index (χ1) is 15.4. The number of hydrogen-bond acceptors (Lipinski definition) is 3. The zero-order valence-electron chi connectivity index (χ0n) is 17.0. The van der Waals surface area contributed by atoms with Crippen LogP contribution >= 0.6 is 39.7 Å². The molecule has 2 bridgehead atoms. The number of carbonyl (C=O) groups excluding carboxylic acids is 1. The lowest BCUT2D eigenvalue weighted by Gasteiger charge is -2.56. The van der Waals surface area contributed by atoms with E-state index in [-0.39, 0.29) is 11.9 Å². The highest BCUT2D eigenvalue weighted by molar-refractivity contribution is 9.10. The van der Waals surface area contributed by atoms with Gasteiger partial charge in [-0.25, -0.2) is 0 Å². The zero-order chi connectivity index (χ0) is 22.5. The third-order valence-electron chi connectivity index (χ3n) is 5.89. The second-order valence-corrected chi connectivity index (χ2v) is 9.65. The number of fused-ring (bicyclic) bond motifs is 4. The van der Waals surface area contributed by atoms with Crippen molar-refractivity contribution in [3.05, 3.63) is 87.9 Å². The van der Waals surface area contributed by atoms with Crippen LogP contribution in [0.5, 0.6) is 5.75 Å². The van der Waals surface area contributed by atoms with Crippen molar-refractivity contribution >= 4 is 62.1 Å². The van der Waals surface area contributed by atoms with Crippen molar-refractivity contribution in [3.8, 4) is 5.75 Å². The van der Waals surface area contributed by atoms with Gasteiger partial charge < -0.3 is 15.4 Å². The topological polar surface area (TPSA) is 53.6 Å². The predicted molar refractivity (Wildman–Crippen MR) is 134 cm³/mol. The average Bonchev–Trinajstić information content (AvgIpc) is 2.76. The second-order valence-electron chi connectivity index (χ2n) is 7.91. The van der Waals surface area contributed by atoms with Gasteiger partial charge in [-0.05, 0) is 73.7 Å². The fourth-order valence-electron chi connectivity index (χ4n) is 4.46. The van der Waals surface area contributed by atoms with Crippen LogP contribution in [0.25, 0.3) is 0 Å². The molecule has 2 N–H and O–H groups in total. The van der Waals surface area contributed by atoms with Crippen molar-refractivity contribution in [2.45, 2.75) is 18.7 Å². The summed E-state index contributed by atoms with van der Waals surface area (Å²) in [6.45, 7) is 1.91. The number of hydrogen-bond donors (Lipinski definition) is 2. The maximum atomic E-state index is 13.7. The summed E-state index contributed by atoms with van der Waals surface area (Å²) in [4.78, 5) is 15.6. The van der Waals surface area contributed by atoms with Crippen molar-refractivity contribution in [1.29, 1.82) is 0 Å². The molecule has 5 nitrogen and oxygen atoms in total. The Balaban J connectivity index is 1.60. The smallest absolute Gasteiger partial charge is 0.236 e. The molecule has 3 atom stereocenters. The number of rotatable bonds is 3. The Labute approximate surface area is 204 Å². The third kappa shape index (κ3) is 3.54. The summed E-state index contributed by atoms with van der Waals surface area (Å²) >= 11 is 15.2. The Bertz CT molecular complexity index is 1200. The van der Waals surface area contributed by atoms with Crippen molar-refractivity contribution in [2.24, 2.45) is 5.92 Å². The fraction of sp³-hybridized carbons (Fsp3) is 0.167. The molecule has 1 fully saturated rings. The van der Waals surface area contributed by atoms with Gasteiger partial charge in [0.25, 0.3) is 0 Å². The molecule has 5 rings (SSSR count). The molecule has 8 heteroatoms. The van der Waals surface area contributed by atoms with Crippen LogP contribution in [0, 0.1) is 5.92 Å². The molecule has 0 unspecified atom stereocenters. The van der Waals surface area contributed by atoms with Gasteiger partial charge in [0.2, 0.25) is 5.91 Å². The van der Waals surface area contributed by atoms with Gasteiger partial charge in [-0.15, -0.1) is 0 Å². The molecule has 3 aromatic rings. The van der Waals surface area contributed by atoms with Gasteiger partial charge in [0.05, 0.1) is 6.04 Å². The number of benzene rings is 3. The molecule has 3 aromatic carbocycles. The van der Waals surface area contributed by atoms with E-state index in [0.29, 0.717) is 15.8 Å². The first-order valence-corrected chi connectivity index (χ1v) is 11.7. The minimum Gasteiger partial charge on any atom is -0.467 e. The lowest BCUT2D eigenvalue weighted by molar-refractivity contribution is -0.130. The highest BCUT2D eigenvalue weighted by atomic mass is 79.9. The summed E-state index contributed by atoms with van der Waals surface area (Å²) in [5.74, 6) is -0.0393. The van der Waals surface area contributed by atoms with Gasteiger partial charge in [0.1, 0.15) is 11.7 Å². The number of carbonyl (C=O) groups is 1. The van der Waals surface area contributed by atoms with E-state index >= 15 is 0 Å². The van der Waals surface area contributed by atoms with Crippen molar-refractivity contribution in [2.75, 3.05) is 10.2 Å². The third-order valence-corrected chi connectivity index (χ3v) is 6.97. The molecule has 0 aromatic heterocycles. The van der Waals surface area contributed by atoms with E-state index in [9.17, 15) is 4.79 Å². The molecule has 0 aliphatic carbocycles. The molecule has 2 heterocycles. The highest BCUT2D eigenvalue weighted by Gasteiger charge is 2.59. The Kier molecular flexibility index (Phi) is 5.35. The van der Waals surface area contributed by atoms with E-state index in [2.05, 4.69) is 26.6 Å². The highest BCUT2D eigenvalue weighted by Crippen LogP contribution is 2.49. The molecule has 32 heavy (non-hydrogen) atoms. The molecule has 2 aliphatic rings. The molecular weight excluding hydrogens is 510 g/mol. The number of thiocarbonyl (C=S) groups is 1. The first kappa shape index (κ1) is 21.2. The average molecular weight is 529 g/mol. The van der Waals surface area contributed by atoms with Crippen LogP contribution in [0.1, 0.15) is 18.5 Å². The number of ether oxygens (including phenoxy) is 1. The van der Waals surface area contributed by atoms with Gasteiger partial charge in [-0.2, -0.15) is 0 Å². The Morgan fingerprint density at radius 3 is 2.53 bits per heavy atom. The van der Waals surface area contributed by atoms with E-state index < -0.39 is 11.6 Å². The van der Waals surface area contributed by atoms with Crippen LogP contribution < -0.4 is 20.3 Å². The lowest BCUT2D eigenvalue weighted by atomic mass is 9.78. The fourth-order valence-corrected chi connectivity index (χ4v) is 5.27. The van der Waals surface area contributed by atoms with Crippen LogP contribution in [-0.4, -0.2) is 16.7 Å². The van der Waals surface area contributed by atoms with Gasteiger partial charge in [0, 0.05) is 26.4 Å². The van der Waals surface area contributed by atoms with Crippen molar-refractivity contribution in [3.63, 3.8) is 0 Å². The summed E-state index contributed by atoms with van der Waals surface area (Å²) in [6.07, 6.45) is 0. The quantitative estimate of drug-likeness (QED) is 0.415. The van der Waals surface area contributed by atoms with E-state index in [4.69, 9.17) is 28.6 Å². The number of nitrogens with one attached hydrogen (secondary N) is 2. The van der Waals surface area contributed by atoms with Crippen LogP contribution in [0.3, 0.4) is 0 Å². The molecule has 2 aliphatic heterocycles. The van der Waals surface area contributed by atoms with Crippen LogP contribution in [0.2, 0.25) is 5.02 Å². The van der Waals surface area contributed by atoms with Crippen LogP contribution in [0.15, 0.2) is 77.3 Å². The van der Waals surface area contributed by atoms with Gasteiger partial charge in [0.15, 0.2) is 10.8 Å². The Morgan fingerprint density at radius 2 is 1.81 bits per heavy atom. The van der Waals surface area contributed by atoms with Crippen molar-refractivity contribution < 1.29 is 9.53 Å². The monoisotopic (exact) mass is 527 g/mol. The molecular formula is C24H19BrClN3O2S. The summed E-state index contributed by atoms with van der Waals surface area (Å²) in [5, 5.41) is 7.54. The summed E-state index contributed by atoms with van der Waals surface area (Å²) in [7, 11) is 0. The largest absolute Gasteiger partial charge is 0.467 e. The number of nitrogens with zero attached hydrogens (tertiary/aromatic N) is 1. The van der Waals surface area contributed by atoms with E-state index in [0.717, 1.165) is 21.5 Å². The summed E-state index contributed by atoms with van der Waals surface area (Å²) in [5.41, 5.74) is 1.35. The Hall–Kier alpha value is -2.61. The summed E-state index contributed by atoms with van der Waals surface area (Å²) < 4.78 is 7.50. The van der Waals surface area contributed by atoms with Gasteiger partial charge >= 0.3 is 0 Å².